The van der Waals surface area contributed by atoms with E-state index < -0.39 is 12.0 Å². The number of rotatable bonds is 8. The number of halogens is 2. The van der Waals surface area contributed by atoms with Gasteiger partial charge in [-0.3, -0.25) is 9.36 Å². The Kier molecular flexibility index (Phi) is 8.73. The summed E-state index contributed by atoms with van der Waals surface area (Å²) in [5.41, 5.74) is 5.38. The molecule has 0 aliphatic carbocycles. The molecule has 0 bridgehead atoms. The first kappa shape index (κ1) is 30.9. The van der Waals surface area contributed by atoms with Crippen molar-refractivity contribution in [2.75, 3.05) is 13.2 Å². The van der Waals surface area contributed by atoms with Crippen molar-refractivity contribution in [3.05, 3.63) is 130 Å². The first-order chi connectivity index (χ1) is 21.7. The predicted molar refractivity (Wildman–Crippen MR) is 180 cm³/mol. The summed E-state index contributed by atoms with van der Waals surface area (Å²) in [4.78, 5) is 32.8. The van der Waals surface area contributed by atoms with E-state index in [1.54, 1.807) is 24.5 Å². The van der Waals surface area contributed by atoms with Gasteiger partial charge in [-0.25, -0.2) is 9.79 Å². The van der Waals surface area contributed by atoms with E-state index in [0.717, 1.165) is 33.3 Å². The van der Waals surface area contributed by atoms with Gasteiger partial charge in [0.15, 0.2) is 4.80 Å². The van der Waals surface area contributed by atoms with Crippen LogP contribution < -0.4 is 19.6 Å². The van der Waals surface area contributed by atoms with E-state index in [0.29, 0.717) is 49.6 Å². The highest BCUT2D eigenvalue weighted by molar-refractivity contribution is 7.07. The number of nitrogens with zero attached hydrogens (tertiary/aromatic N) is 3. The van der Waals surface area contributed by atoms with Gasteiger partial charge >= 0.3 is 5.97 Å². The molecule has 230 valence electrons. The number of para-hydroxylation sites is 1. The molecule has 0 saturated heterocycles. The molecule has 5 aromatic rings. The summed E-state index contributed by atoms with van der Waals surface area (Å²) < 4.78 is 15.4. The quantitative estimate of drug-likeness (QED) is 0.171. The van der Waals surface area contributed by atoms with Crippen LogP contribution in [0.2, 0.25) is 10.0 Å². The standard InChI is InChI=1S/C35H31Cl2N3O4S/c1-5-43-24-14-12-23(13-15-24)32-31(34(42)44-6-2)20(3)38-35-40(32)33(41)30(45-35)18-26-21(4)39(29-10-8-7-9-25(26)29)19-22-11-16-27(36)28(37)17-22/h7-18,32H,5-6,19H2,1-4H3/b30-18-/t32-/m0/s1. The van der Waals surface area contributed by atoms with Crippen LogP contribution in [0.5, 0.6) is 5.75 Å². The van der Waals surface area contributed by atoms with Gasteiger partial charge in [-0.2, -0.15) is 0 Å². The number of hydrogen-bond donors (Lipinski definition) is 0. The Morgan fingerprint density at radius 3 is 2.47 bits per heavy atom. The Balaban J connectivity index is 1.52. The minimum absolute atomic E-state index is 0.210. The molecule has 0 N–H and O–H groups in total. The second kappa shape index (κ2) is 12.7. The second-order valence-corrected chi connectivity index (χ2v) is 12.5. The lowest BCUT2D eigenvalue weighted by Gasteiger charge is -2.24. The van der Waals surface area contributed by atoms with Gasteiger partial charge in [0.2, 0.25) is 0 Å². The average molecular weight is 661 g/mol. The Hall–Kier alpha value is -4.11. The fourth-order valence-electron chi connectivity index (χ4n) is 5.82. The monoisotopic (exact) mass is 659 g/mol. The number of benzene rings is 3. The van der Waals surface area contributed by atoms with Crippen molar-refractivity contribution in [3.8, 4) is 5.75 Å². The molecule has 45 heavy (non-hydrogen) atoms. The Morgan fingerprint density at radius 1 is 1.00 bits per heavy atom. The van der Waals surface area contributed by atoms with Crippen molar-refractivity contribution in [1.29, 1.82) is 0 Å². The van der Waals surface area contributed by atoms with Crippen LogP contribution in [-0.4, -0.2) is 28.3 Å². The normalized spacial score (nSPS) is 14.9. The number of esters is 1. The molecule has 6 rings (SSSR count). The lowest BCUT2D eigenvalue weighted by Crippen LogP contribution is -2.39. The summed E-state index contributed by atoms with van der Waals surface area (Å²) in [5, 5.41) is 2.03. The molecule has 0 fully saturated rings. The van der Waals surface area contributed by atoms with Gasteiger partial charge < -0.3 is 14.0 Å². The van der Waals surface area contributed by atoms with Crippen LogP contribution in [0.1, 0.15) is 49.2 Å². The molecule has 1 aliphatic rings. The van der Waals surface area contributed by atoms with Crippen LogP contribution in [0.25, 0.3) is 17.0 Å². The number of aromatic nitrogens is 2. The van der Waals surface area contributed by atoms with Gasteiger partial charge in [0.05, 0.1) is 45.1 Å². The van der Waals surface area contributed by atoms with Crippen molar-refractivity contribution >= 4 is 57.5 Å². The summed E-state index contributed by atoms with van der Waals surface area (Å²) in [6.45, 7) is 8.83. The van der Waals surface area contributed by atoms with Gasteiger partial charge in [0.1, 0.15) is 5.75 Å². The molecule has 7 nitrogen and oxygen atoms in total. The second-order valence-electron chi connectivity index (χ2n) is 10.7. The van der Waals surface area contributed by atoms with E-state index in [4.69, 9.17) is 37.7 Å². The third-order valence-electron chi connectivity index (χ3n) is 7.90. The minimum Gasteiger partial charge on any atom is -0.494 e. The number of allylic oxidation sites excluding steroid dienone is 1. The van der Waals surface area contributed by atoms with Gasteiger partial charge in [-0.1, -0.05) is 70.9 Å². The van der Waals surface area contributed by atoms with Gasteiger partial charge in [-0.05, 0) is 75.2 Å². The lowest BCUT2D eigenvalue weighted by molar-refractivity contribution is -0.139. The maximum atomic E-state index is 14.3. The fraction of sp³-hybridized carbons (Fsp3) is 0.229. The molecule has 0 saturated carbocycles. The van der Waals surface area contributed by atoms with Crippen molar-refractivity contribution in [1.82, 2.24) is 9.13 Å². The van der Waals surface area contributed by atoms with E-state index in [1.165, 1.54) is 11.3 Å². The van der Waals surface area contributed by atoms with E-state index in [-0.39, 0.29) is 12.2 Å². The summed E-state index contributed by atoms with van der Waals surface area (Å²) in [6.07, 6.45) is 1.94. The molecule has 2 aromatic heterocycles. The molecular weight excluding hydrogens is 629 g/mol. The molecule has 0 unspecified atom stereocenters. The maximum absolute atomic E-state index is 14.3. The van der Waals surface area contributed by atoms with E-state index >= 15 is 0 Å². The number of ether oxygens (including phenoxy) is 2. The van der Waals surface area contributed by atoms with Crippen LogP contribution >= 0.6 is 34.5 Å². The highest BCUT2D eigenvalue weighted by Gasteiger charge is 2.33. The highest BCUT2D eigenvalue weighted by atomic mass is 35.5. The SMILES string of the molecule is CCOC(=O)C1=C(C)N=c2s/c(=C\c3c(C)n(Cc4ccc(Cl)c(Cl)c4)c4ccccc34)c(=O)n2[C@H]1c1ccc(OCC)cc1. The van der Waals surface area contributed by atoms with Crippen molar-refractivity contribution in [2.45, 2.75) is 40.3 Å². The van der Waals surface area contributed by atoms with E-state index in [9.17, 15) is 9.59 Å². The molecule has 3 heterocycles. The molecule has 3 aromatic carbocycles. The molecule has 0 radical (unpaired) electrons. The molecule has 10 heteroatoms. The molecule has 0 amide bonds. The van der Waals surface area contributed by atoms with Crippen LogP contribution in [0.4, 0.5) is 0 Å². The third kappa shape index (κ3) is 5.74. The lowest BCUT2D eigenvalue weighted by atomic mass is 9.96. The maximum Gasteiger partial charge on any atom is 0.338 e. The first-order valence-corrected chi connectivity index (χ1v) is 16.2. The summed E-state index contributed by atoms with van der Waals surface area (Å²) >= 11 is 13.8. The fourth-order valence-corrected chi connectivity index (χ4v) is 7.16. The Morgan fingerprint density at radius 2 is 1.76 bits per heavy atom. The molecule has 1 aliphatic heterocycles. The first-order valence-electron chi connectivity index (χ1n) is 14.7. The van der Waals surface area contributed by atoms with Crippen LogP contribution in [-0.2, 0) is 16.1 Å². The number of thiazole rings is 1. The van der Waals surface area contributed by atoms with Crippen molar-refractivity contribution in [2.24, 2.45) is 4.99 Å². The van der Waals surface area contributed by atoms with Gasteiger partial charge in [-0.15, -0.1) is 0 Å². The zero-order chi connectivity index (χ0) is 31.8. The molecule has 0 spiro atoms. The zero-order valence-corrected chi connectivity index (χ0v) is 27.6. The van der Waals surface area contributed by atoms with E-state index in [2.05, 4.69) is 16.7 Å². The Labute approximate surface area is 274 Å². The summed E-state index contributed by atoms with van der Waals surface area (Å²) in [5.74, 6) is 0.216. The summed E-state index contributed by atoms with van der Waals surface area (Å²) in [7, 11) is 0. The zero-order valence-electron chi connectivity index (χ0n) is 25.3. The molecule has 1 atom stereocenters. The van der Waals surface area contributed by atoms with Gasteiger partial charge in [0.25, 0.3) is 5.56 Å². The third-order valence-corrected chi connectivity index (χ3v) is 9.63. The highest BCUT2D eigenvalue weighted by Crippen LogP contribution is 2.32. The smallest absolute Gasteiger partial charge is 0.338 e. The van der Waals surface area contributed by atoms with Gasteiger partial charge in [0, 0.05) is 28.7 Å². The van der Waals surface area contributed by atoms with Crippen molar-refractivity contribution < 1.29 is 14.3 Å². The number of carbonyl (C=O) groups excluding carboxylic acids is 1. The Bertz CT molecular complexity index is 2160. The topological polar surface area (TPSA) is 74.8 Å². The van der Waals surface area contributed by atoms with Crippen molar-refractivity contribution in [3.63, 3.8) is 0 Å². The number of carbonyl (C=O) groups is 1. The largest absolute Gasteiger partial charge is 0.494 e. The predicted octanol–water partition coefficient (Wildman–Crippen LogP) is 6.82. The number of hydrogen-bond acceptors (Lipinski definition) is 6. The average Bonchev–Trinajstić information content (AvgIpc) is 3.47. The van der Waals surface area contributed by atoms with Crippen LogP contribution in [0.15, 0.2) is 87.8 Å². The van der Waals surface area contributed by atoms with Crippen LogP contribution in [0, 0.1) is 6.92 Å². The van der Waals surface area contributed by atoms with Crippen LogP contribution in [0.3, 0.4) is 0 Å². The number of fused-ring (bicyclic) bond motifs is 2. The van der Waals surface area contributed by atoms with E-state index in [1.807, 2.05) is 68.5 Å². The minimum atomic E-state index is -0.699. The summed E-state index contributed by atoms with van der Waals surface area (Å²) in [6, 6.07) is 20.5. The molecular formula is C35H31Cl2N3O4S.